The summed E-state index contributed by atoms with van der Waals surface area (Å²) < 4.78 is 5.62. The Bertz CT molecular complexity index is 121. The number of alkyl halides is 1. The van der Waals surface area contributed by atoms with E-state index in [-0.39, 0.29) is 0 Å². The van der Waals surface area contributed by atoms with Crippen molar-refractivity contribution >= 4 is 11.6 Å². The largest absolute Gasteiger partial charge is 0.378 e. The second-order valence-corrected chi connectivity index (χ2v) is 3.93. The first-order valence-electron chi connectivity index (χ1n) is 4.40. The summed E-state index contributed by atoms with van der Waals surface area (Å²) >= 11 is 5.80. The number of rotatable bonds is 5. The Balaban J connectivity index is 2.11. The lowest BCUT2D eigenvalue weighted by atomic mass is 10.1. The molecule has 0 spiro atoms. The smallest absolute Gasteiger partial charge is 0.0544 e. The van der Waals surface area contributed by atoms with Crippen molar-refractivity contribution in [2.75, 3.05) is 12.5 Å². The predicted octanol–water partition coefficient (Wildman–Crippen LogP) is 2.82. The molecule has 1 unspecified atom stereocenters. The van der Waals surface area contributed by atoms with Gasteiger partial charge in [-0.2, -0.15) is 0 Å². The van der Waals surface area contributed by atoms with Crippen LogP contribution in [0.5, 0.6) is 0 Å². The first-order valence-corrected chi connectivity index (χ1v) is 4.93. The van der Waals surface area contributed by atoms with E-state index in [9.17, 15) is 0 Å². The molecule has 1 fully saturated rings. The molecule has 2 heteroatoms. The molecule has 0 aromatic heterocycles. The van der Waals surface area contributed by atoms with E-state index in [1.54, 1.807) is 0 Å². The molecule has 0 bridgehead atoms. The van der Waals surface area contributed by atoms with Crippen LogP contribution in [0.1, 0.15) is 33.1 Å². The molecular formula is C9H17ClO. The SMILES string of the molecule is CCC(C)OCC1(CCl)CC1. The summed E-state index contributed by atoms with van der Waals surface area (Å²) in [6.07, 6.45) is 4.01. The van der Waals surface area contributed by atoms with Crippen LogP contribution in [-0.2, 0) is 4.74 Å². The molecule has 11 heavy (non-hydrogen) atoms. The molecule has 0 aliphatic heterocycles. The van der Waals surface area contributed by atoms with Crippen molar-refractivity contribution in [2.24, 2.45) is 5.41 Å². The standard InChI is InChI=1S/C9H17ClO/c1-3-8(2)11-7-9(6-10)4-5-9/h8H,3-7H2,1-2H3. The molecule has 1 saturated carbocycles. The summed E-state index contributed by atoms with van der Waals surface area (Å²) in [7, 11) is 0. The van der Waals surface area contributed by atoms with Crippen molar-refractivity contribution in [3.05, 3.63) is 0 Å². The average molecular weight is 177 g/mol. The van der Waals surface area contributed by atoms with Crippen LogP contribution in [0.15, 0.2) is 0 Å². The summed E-state index contributed by atoms with van der Waals surface area (Å²) in [4.78, 5) is 0. The van der Waals surface area contributed by atoms with Gasteiger partial charge in [0.1, 0.15) is 0 Å². The van der Waals surface area contributed by atoms with Crippen LogP contribution >= 0.6 is 11.6 Å². The van der Waals surface area contributed by atoms with Gasteiger partial charge >= 0.3 is 0 Å². The summed E-state index contributed by atoms with van der Waals surface area (Å²) in [6.45, 7) is 5.13. The van der Waals surface area contributed by atoms with Gasteiger partial charge in [0.15, 0.2) is 0 Å². The molecule has 1 atom stereocenters. The van der Waals surface area contributed by atoms with Gasteiger partial charge in [-0.15, -0.1) is 11.6 Å². The number of hydrogen-bond acceptors (Lipinski definition) is 1. The minimum atomic E-state index is 0.366. The molecule has 0 saturated heterocycles. The molecule has 1 rings (SSSR count). The second-order valence-electron chi connectivity index (χ2n) is 3.66. The fourth-order valence-electron chi connectivity index (χ4n) is 0.930. The van der Waals surface area contributed by atoms with E-state index in [2.05, 4.69) is 13.8 Å². The molecule has 0 heterocycles. The van der Waals surface area contributed by atoms with E-state index in [1.807, 2.05) is 0 Å². The zero-order chi connectivity index (χ0) is 8.32. The third-order valence-electron chi connectivity index (χ3n) is 2.49. The lowest BCUT2D eigenvalue weighted by molar-refractivity contribution is 0.0363. The quantitative estimate of drug-likeness (QED) is 0.586. The highest BCUT2D eigenvalue weighted by molar-refractivity contribution is 6.18. The lowest BCUT2D eigenvalue weighted by Crippen LogP contribution is -2.17. The van der Waals surface area contributed by atoms with Crippen molar-refractivity contribution in [3.8, 4) is 0 Å². The Morgan fingerprint density at radius 3 is 2.55 bits per heavy atom. The van der Waals surface area contributed by atoms with Crippen LogP contribution in [0.2, 0.25) is 0 Å². The zero-order valence-electron chi connectivity index (χ0n) is 7.40. The molecule has 1 aliphatic carbocycles. The van der Waals surface area contributed by atoms with Crippen LogP contribution in [0.3, 0.4) is 0 Å². The van der Waals surface area contributed by atoms with Crippen molar-refractivity contribution in [1.82, 2.24) is 0 Å². The van der Waals surface area contributed by atoms with Crippen molar-refractivity contribution in [3.63, 3.8) is 0 Å². The maximum atomic E-state index is 5.80. The fourth-order valence-corrected chi connectivity index (χ4v) is 1.27. The molecule has 1 nitrogen and oxygen atoms in total. The van der Waals surface area contributed by atoms with E-state index in [0.717, 1.165) is 18.9 Å². The maximum absolute atomic E-state index is 5.80. The number of ether oxygens (including phenoxy) is 1. The first kappa shape index (κ1) is 9.34. The monoisotopic (exact) mass is 176 g/mol. The van der Waals surface area contributed by atoms with Gasteiger partial charge in [-0.1, -0.05) is 6.92 Å². The van der Waals surface area contributed by atoms with E-state index in [0.29, 0.717) is 11.5 Å². The van der Waals surface area contributed by atoms with Gasteiger partial charge in [0.2, 0.25) is 0 Å². The van der Waals surface area contributed by atoms with E-state index in [1.165, 1.54) is 12.8 Å². The first-order chi connectivity index (χ1) is 5.22. The third-order valence-corrected chi connectivity index (χ3v) is 3.06. The highest BCUT2D eigenvalue weighted by Gasteiger charge is 2.42. The normalized spacial score (nSPS) is 23.2. The van der Waals surface area contributed by atoms with Gasteiger partial charge in [-0.05, 0) is 26.2 Å². The summed E-state index contributed by atoms with van der Waals surface area (Å²) in [6, 6.07) is 0. The fraction of sp³-hybridized carbons (Fsp3) is 1.00. The molecular weight excluding hydrogens is 160 g/mol. The van der Waals surface area contributed by atoms with Gasteiger partial charge in [-0.25, -0.2) is 0 Å². The van der Waals surface area contributed by atoms with E-state index in [4.69, 9.17) is 16.3 Å². The number of hydrogen-bond donors (Lipinski definition) is 0. The Hall–Kier alpha value is 0.250. The van der Waals surface area contributed by atoms with Crippen molar-refractivity contribution < 1.29 is 4.74 Å². The zero-order valence-corrected chi connectivity index (χ0v) is 8.16. The minimum absolute atomic E-state index is 0.366. The lowest BCUT2D eigenvalue weighted by Gasteiger charge is -2.15. The van der Waals surface area contributed by atoms with Crippen molar-refractivity contribution in [2.45, 2.75) is 39.2 Å². The average Bonchev–Trinajstić information content (AvgIpc) is 2.81. The van der Waals surface area contributed by atoms with Crippen LogP contribution in [0.4, 0.5) is 0 Å². The molecule has 0 aromatic rings. The van der Waals surface area contributed by atoms with Gasteiger partial charge < -0.3 is 4.74 Å². The van der Waals surface area contributed by atoms with E-state index < -0.39 is 0 Å². The Labute approximate surface area is 74.1 Å². The second kappa shape index (κ2) is 3.77. The molecule has 0 aromatic carbocycles. The highest BCUT2D eigenvalue weighted by Crippen LogP contribution is 2.46. The van der Waals surface area contributed by atoms with E-state index >= 15 is 0 Å². The minimum Gasteiger partial charge on any atom is -0.378 e. The summed E-state index contributed by atoms with van der Waals surface area (Å²) in [5.74, 6) is 0.767. The Morgan fingerprint density at radius 1 is 1.55 bits per heavy atom. The summed E-state index contributed by atoms with van der Waals surface area (Å²) in [5.41, 5.74) is 0.366. The van der Waals surface area contributed by atoms with Crippen LogP contribution in [-0.4, -0.2) is 18.6 Å². The topological polar surface area (TPSA) is 9.23 Å². The van der Waals surface area contributed by atoms with Crippen LogP contribution in [0.25, 0.3) is 0 Å². The molecule has 0 amide bonds. The van der Waals surface area contributed by atoms with Gasteiger partial charge in [0.05, 0.1) is 12.7 Å². The van der Waals surface area contributed by atoms with Gasteiger partial charge in [-0.3, -0.25) is 0 Å². The van der Waals surface area contributed by atoms with Crippen LogP contribution < -0.4 is 0 Å². The Kier molecular flexibility index (Phi) is 3.20. The molecule has 1 aliphatic rings. The Morgan fingerprint density at radius 2 is 2.18 bits per heavy atom. The predicted molar refractivity (Wildman–Crippen MR) is 48.1 cm³/mol. The molecule has 0 radical (unpaired) electrons. The van der Waals surface area contributed by atoms with Gasteiger partial charge in [0, 0.05) is 11.3 Å². The molecule has 66 valence electrons. The van der Waals surface area contributed by atoms with Crippen molar-refractivity contribution in [1.29, 1.82) is 0 Å². The van der Waals surface area contributed by atoms with Crippen LogP contribution in [0, 0.1) is 5.41 Å². The van der Waals surface area contributed by atoms with Gasteiger partial charge in [0.25, 0.3) is 0 Å². The molecule has 0 N–H and O–H groups in total. The highest BCUT2D eigenvalue weighted by atomic mass is 35.5. The maximum Gasteiger partial charge on any atom is 0.0544 e. The summed E-state index contributed by atoms with van der Waals surface area (Å²) in [5, 5.41) is 0. The third kappa shape index (κ3) is 2.64. The number of halogens is 1.